The van der Waals surface area contributed by atoms with Crippen LogP contribution in [0.4, 0.5) is 0 Å². The van der Waals surface area contributed by atoms with Crippen molar-refractivity contribution in [3.05, 3.63) is 27.7 Å². The van der Waals surface area contributed by atoms with Crippen molar-refractivity contribution < 1.29 is 5.11 Å². The Balaban J connectivity index is 3.34. The van der Waals surface area contributed by atoms with Crippen LogP contribution in [0.2, 0.25) is 10.0 Å². The van der Waals surface area contributed by atoms with Gasteiger partial charge in [-0.15, -0.1) is 0 Å². The minimum absolute atomic E-state index is 0.0964. The van der Waals surface area contributed by atoms with Crippen molar-refractivity contribution in [3.8, 4) is 5.75 Å². The Bertz CT molecular complexity index is 363. The fourth-order valence-electron chi connectivity index (χ4n) is 0.901. The number of phenols is 1. The van der Waals surface area contributed by atoms with Crippen molar-refractivity contribution in [2.75, 3.05) is 0 Å². The van der Waals surface area contributed by atoms with Crippen molar-refractivity contribution >= 4 is 28.9 Å². The smallest absolute Gasteiger partial charge is 0.144 e. The van der Waals surface area contributed by atoms with Gasteiger partial charge >= 0.3 is 0 Å². The number of nitrogens with two attached hydrogens (primary N) is 1. The van der Waals surface area contributed by atoms with Crippen LogP contribution >= 0.6 is 23.2 Å². The highest BCUT2D eigenvalue weighted by molar-refractivity contribution is 6.43. The normalized spacial score (nSPS) is 11.8. The molecule has 0 saturated carbocycles. The first kappa shape index (κ1) is 10.2. The molecule has 0 aliphatic carbocycles. The second-order valence-corrected chi connectivity index (χ2v) is 3.26. The molecule has 0 aromatic heterocycles. The quantitative estimate of drug-likeness (QED) is 0.432. The third-order valence-electron chi connectivity index (χ3n) is 1.65. The zero-order chi connectivity index (χ0) is 10.0. The summed E-state index contributed by atoms with van der Waals surface area (Å²) >= 11 is 11.4. The lowest BCUT2D eigenvalue weighted by Gasteiger charge is -2.05. The molecule has 1 aromatic rings. The number of phenolic OH excluding ortho intramolecular Hbond substituents is 1. The number of aromatic hydroxyl groups is 1. The van der Waals surface area contributed by atoms with Crippen molar-refractivity contribution in [3.63, 3.8) is 0 Å². The Kier molecular flexibility index (Phi) is 3.01. The molecule has 3 nitrogen and oxygen atoms in total. The molecule has 0 saturated heterocycles. The van der Waals surface area contributed by atoms with Crippen molar-refractivity contribution in [1.29, 1.82) is 0 Å². The second-order valence-electron chi connectivity index (χ2n) is 2.47. The minimum atomic E-state index is -0.0964. The average molecular weight is 219 g/mol. The predicted molar refractivity (Wildman–Crippen MR) is 54.5 cm³/mol. The molecule has 0 fully saturated rings. The van der Waals surface area contributed by atoms with Gasteiger partial charge in [0.1, 0.15) is 10.8 Å². The van der Waals surface area contributed by atoms with Gasteiger partial charge in [-0.1, -0.05) is 23.2 Å². The number of hydrogen-bond acceptors (Lipinski definition) is 3. The summed E-state index contributed by atoms with van der Waals surface area (Å²) in [5, 5.41) is 13.4. The Morgan fingerprint density at radius 3 is 2.62 bits per heavy atom. The molecule has 70 valence electrons. The van der Waals surface area contributed by atoms with Crippen LogP contribution in [0.1, 0.15) is 12.5 Å². The lowest BCUT2D eigenvalue weighted by molar-refractivity contribution is 0.474. The van der Waals surface area contributed by atoms with E-state index in [1.165, 1.54) is 0 Å². The second kappa shape index (κ2) is 3.85. The molecule has 0 radical (unpaired) electrons. The number of halogens is 2. The molecule has 0 atom stereocenters. The van der Waals surface area contributed by atoms with E-state index in [1.807, 2.05) is 0 Å². The number of hydrazone groups is 1. The number of rotatable bonds is 1. The molecule has 0 aliphatic heterocycles. The van der Waals surface area contributed by atoms with E-state index in [0.29, 0.717) is 16.3 Å². The Morgan fingerprint density at radius 2 is 2.08 bits per heavy atom. The van der Waals surface area contributed by atoms with Gasteiger partial charge in [-0.2, -0.15) is 5.10 Å². The highest BCUT2D eigenvalue weighted by atomic mass is 35.5. The predicted octanol–water partition coefficient (Wildman–Crippen LogP) is 2.38. The van der Waals surface area contributed by atoms with Crippen LogP contribution in [0.5, 0.6) is 5.75 Å². The van der Waals surface area contributed by atoms with E-state index in [-0.39, 0.29) is 10.8 Å². The lowest BCUT2D eigenvalue weighted by Crippen LogP contribution is -1.99. The molecular weight excluding hydrogens is 211 g/mol. The van der Waals surface area contributed by atoms with E-state index >= 15 is 0 Å². The van der Waals surface area contributed by atoms with E-state index in [2.05, 4.69) is 5.10 Å². The molecule has 0 aliphatic rings. The lowest BCUT2D eigenvalue weighted by atomic mass is 10.1. The van der Waals surface area contributed by atoms with Gasteiger partial charge in [-0.05, 0) is 19.1 Å². The highest BCUT2D eigenvalue weighted by Crippen LogP contribution is 2.34. The molecule has 3 N–H and O–H groups in total. The number of hydrogen-bond donors (Lipinski definition) is 2. The third-order valence-corrected chi connectivity index (χ3v) is 2.45. The monoisotopic (exact) mass is 218 g/mol. The molecule has 0 spiro atoms. The summed E-state index contributed by atoms with van der Waals surface area (Å²) in [5.41, 5.74) is 0.980. The summed E-state index contributed by atoms with van der Waals surface area (Å²) in [6.45, 7) is 1.67. The topological polar surface area (TPSA) is 58.6 Å². The summed E-state index contributed by atoms with van der Waals surface area (Å²) in [4.78, 5) is 0. The van der Waals surface area contributed by atoms with Gasteiger partial charge in [0.2, 0.25) is 0 Å². The number of benzene rings is 1. The van der Waals surface area contributed by atoms with Crippen molar-refractivity contribution in [2.24, 2.45) is 10.9 Å². The summed E-state index contributed by atoms with van der Waals surface area (Å²) in [6.07, 6.45) is 0. The van der Waals surface area contributed by atoms with E-state index in [0.717, 1.165) is 0 Å². The molecule has 0 amide bonds. The molecular formula is C8H8Cl2N2O. The van der Waals surface area contributed by atoms with Crippen LogP contribution < -0.4 is 5.84 Å². The summed E-state index contributed by atoms with van der Waals surface area (Å²) in [6, 6.07) is 3.18. The molecule has 1 aromatic carbocycles. The minimum Gasteiger partial charge on any atom is -0.506 e. The van der Waals surface area contributed by atoms with Gasteiger partial charge in [-0.3, -0.25) is 0 Å². The fourth-order valence-corrected chi connectivity index (χ4v) is 1.22. The van der Waals surface area contributed by atoms with Crippen molar-refractivity contribution in [2.45, 2.75) is 6.92 Å². The molecule has 13 heavy (non-hydrogen) atoms. The molecule has 0 unspecified atom stereocenters. The van der Waals surface area contributed by atoms with Gasteiger partial charge in [-0.25, -0.2) is 0 Å². The van der Waals surface area contributed by atoms with Crippen LogP contribution in [-0.4, -0.2) is 10.8 Å². The summed E-state index contributed by atoms with van der Waals surface area (Å²) in [5.74, 6) is 4.97. The van der Waals surface area contributed by atoms with Gasteiger partial charge in [0.05, 0.1) is 10.7 Å². The van der Waals surface area contributed by atoms with E-state index in [1.54, 1.807) is 19.1 Å². The summed E-state index contributed by atoms with van der Waals surface area (Å²) < 4.78 is 0. The molecule has 5 heteroatoms. The van der Waals surface area contributed by atoms with E-state index in [4.69, 9.17) is 29.0 Å². The Labute approximate surface area is 85.8 Å². The van der Waals surface area contributed by atoms with Gasteiger partial charge in [0.15, 0.2) is 0 Å². The van der Waals surface area contributed by atoms with Crippen LogP contribution in [-0.2, 0) is 0 Å². The molecule has 1 rings (SSSR count). The van der Waals surface area contributed by atoms with Crippen molar-refractivity contribution in [1.82, 2.24) is 0 Å². The number of nitrogens with zero attached hydrogens (tertiary/aromatic N) is 1. The fraction of sp³-hybridized carbons (Fsp3) is 0.125. The SMILES string of the molecule is C/C(=N/N)c1ccc(Cl)c(Cl)c1O. The van der Waals surface area contributed by atoms with Crippen LogP contribution in [0.15, 0.2) is 17.2 Å². The van der Waals surface area contributed by atoms with E-state index < -0.39 is 0 Å². The molecule has 0 bridgehead atoms. The largest absolute Gasteiger partial charge is 0.506 e. The molecule has 0 heterocycles. The van der Waals surface area contributed by atoms with Gasteiger partial charge in [0, 0.05) is 5.56 Å². The average Bonchev–Trinajstić information content (AvgIpc) is 2.13. The Morgan fingerprint density at radius 1 is 1.46 bits per heavy atom. The zero-order valence-electron chi connectivity index (χ0n) is 6.88. The Hall–Kier alpha value is -0.930. The van der Waals surface area contributed by atoms with Crippen LogP contribution in [0.25, 0.3) is 0 Å². The maximum Gasteiger partial charge on any atom is 0.144 e. The highest BCUT2D eigenvalue weighted by Gasteiger charge is 2.11. The van der Waals surface area contributed by atoms with Crippen LogP contribution in [0, 0.1) is 0 Å². The van der Waals surface area contributed by atoms with Gasteiger partial charge in [0.25, 0.3) is 0 Å². The maximum absolute atomic E-state index is 9.53. The standard InChI is InChI=1S/C8H8Cl2N2O/c1-4(12-11)5-2-3-6(9)7(10)8(5)13/h2-3,13H,11H2,1H3/b12-4-. The third kappa shape index (κ3) is 1.87. The zero-order valence-corrected chi connectivity index (χ0v) is 8.39. The summed E-state index contributed by atoms with van der Waals surface area (Å²) in [7, 11) is 0. The van der Waals surface area contributed by atoms with Gasteiger partial charge < -0.3 is 10.9 Å². The maximum atomic E-state index is 9.53. The first-order chi connectivity index (χ1) is 6.07. The first-order valence-corrected chi connectivity index (χ1v) is 4.25. The van der Waals surface area contributed by atoms with E-state index in [9.17, 15) is 5.11 Å². The first-order valence-electron chi connectivity index (χ1n) is 3.49. The van der Waals surface area contributed by atoms with Crippen LogP contribution in [0.3, 0.4) is 0 Å².